The second kappa shape index (κ2) is 5.04. The zero-order chi connectivity index (χ0) is 13.2. The van der Waals surface area contributed by atoms with Crippen LogP contribution < -0.4 is 5.32 Å². The first-order chi connectivity index (χ1) is 8.46. The number of hydrogen-bond donors (Lipinski definition) is 1. The molecule has 0 aliphatic carbocycles. The van der Waals surface area contributed by atoms with Gasteiger partial charge in [-0.2, -0.15) is 0 Å². The van der Waals surface area contributed by atoms with Crippen molar-refractivity contribution < 1.29 is 4.92 Å². The molecule has 1 aliphatic rings. The molecule has 1 fully saturated rings. The normalized spacial score (nSPS) is 19.7. The average Bonchev–Trinajstić information content (AvgIpc) is 2.28. The van der Waals surface area contributed by atoms with E-state index >= 15 is 0 Å². The van der Waals surface area contributed by atoms with Gasteiger partial charge in [0.25, 0.3) is 5.69 Å². The van der Waals surface area contributed by atoms with Gasteiger partial charge in [0.2, 0.25) is 0 Å². The van der Waals surface area contributed by atoms with Crippen LogP contribution in [0.5, 0.6) is 0 Å². The van der Waals surface area contributed by atoms with Gasteiger partial charge in [0.15, 0.2) is 0 Å². The van der Waals surface area contributed by atoms with Crippen molar-refractivity contribution in [3.05, 3.63) is 39.9 Å². The minimum absolute atomic E-state index is 0.138. The lowest BCUT2D eigenvalue weighted by Crippen LogP contribution is -2.56. The number of nitro benzene ring substituents is 1. The molecule has 98 valence electrons. The smallest absolute Gasteiger partial charge is 0.269 e. The van der Waals surface area contributed by atoms with Crippen molar-refractivity contribution in [2.45, 2.75) is 25.9 Å². The number of rotatable bonds is 3. The maximum atomic E-state index is 10.6. The van der Waals surface area contributed by atoms with Gasteiger partial charge in [-0.15, -0.1) is 0 Å². The molecular weight excluding hydrogens is 230 g/mol. The summed E-state index contributed by atoms with van der Waals surface area (Å²) in [5, 5.41) is 14.0. The van der Waals surface area contributed by atoms with E-state index in [4.69, 9.17) is 0 Å². The molecule has 0 aromatic heterocycles. The first-order valence-corrected chi connectivity index (χ1v) is 6.17. The number of hydrogen-bond acceptors (Lipinski definition) is 4. The largest absolute Gasteiger partial charge is 0.309 e. The zero-order valence-corrected chi connectivity index (χ0v) is 10.8. The van der Waals surface area contributed by atoms with E-state index in [9.17, 15) is 10.1 Å². The quantitative estimate of drug-likeness (QED) is 0.655. The summed E-state index contributed by atoms with van der Waals surface area (Å²) in [6, 6.07) is 6.83. The van der Waals surface area contributed by atoms with E-state index in [0.717, 1.165) is 31.7 Å². The molecule has 2 rings (SSSR count). The van der Waals surface area contributed by atoms with Crippen molar-refractivity contribution in [1.29, 1.82) is 0 Å². The SMILES string of the molecule is CC1(C)CN(Cc2ccc([N+](=O)[O-])cc2)CCN1. The molecule has 5 nitrogen and oxygen atoms in total. The summed E-state index contributed by atoms with van der Waals surface area (Å²) in [6.45, 7) is 8.22. The third kappa shape index (κ3) is 3.27. The van der Waals surface area contributed by atoms with Gasteiger partial charge in [-0.05, 0) is 19.4 Å². The van der Waals surface area contributed by atoms with E-state index in [2.05, 4.69) is 24.1 Å². The Hall–Kier alpha value is -1.46. The van der Waals surface area contributed by atoms with Crippen molar-refractivity contribution >= 4 is 5.69 Å². The summed E-state index contributed by atoms with van der Waals surface area (Å²) in [6.07, 6.45) is 0. The van der Waals surface area contributed by atoms with Crippen molar-refractivity contribution in [1.82, 2.24) is 10.2 Å². The summed E-state index contributed by atoms with van der Waals surface area (Å²) in [5.41, 5.74) is 1.41. The fraction of sp³-hybridized carbons (Fsp3) is 0.538. The molecule has 5 heteroatoms. The Morgan fingerprint density at radius 2 is 2.06 bits per heavy atom. The Labute approximate surface area is 107 Å². The highest BCUT2D eigenvalue weighted by molar-refractivity contribution is 5.32. The molecule has 0 bridgehead atoms. The van der Waals surface area contributed by atoms with Crippen molar-refractivity contribution in [3.63, 3.8) is 0 Å². The summed E-state index contributed by atoms with van der Waals surface area (Å²) in [4.78, 5) is 12.6. The molecule has 1 heterocycles. The summed E-state index contributed by atoms with van der Waals surface area (Å²) < 4.78 is 0. The zero-order valence-electron chi connectivity index (χ0n) is 10.8. The van der Waals surface area contributed by atoms with Crippen molar-refractivity contribution in [2.75, 3.05) is 19.6 Å². The van der Waals surface area contributed by atoms with Gasteiger partial charge >= 0.3 is 0 Å². The molecule has 0 amide bonds. The standard InChI is InChI=1S/C13H19N3O2/c1-13(2)10-15(8-7-14-13)9-11-3-5-12(6-4-11)16(17)18/h3-6,14H,7-10H2,1-2H3. The van der Waals surface area contributed by atoms with Gasteiger partial charge in [0, 0.05) is 43.9 Å². The first kappa shape index (κ1) is 13.0. The number of nitrogens with zero attached hydrogens (tertiary/aromatic N) is 2. The van der Waals surface area contributed by atoms with E-state index < -0.39 is 0 Å². The van der Waals surface area contributed by atoms with Crippen LogP contribution in [0.15, 0.2) is 24.3 Å². The van der Waals surface area contributed by atoms with Crippen LogP contribution in [0.4, 0.5) is 5.69 Å². The molecule has 0 unspecified atom stereocenters. The van der Waals surface area contributed by atoms with E-state index in [0.29, 0.717) is 0 Å². The summed E-state index contributed by atoms with van der Waals surface area (Å²) >= 11 is 0. The lowest BCUT2D eigenvalue weighted by molar-refractivity contribution is -0.384. The van der Waals surface area contributed by atoms with Gasteiger partial charge < -0.3 is 5.32 Å². The van der Waals surface area contributed by atoms with Crippen LogP contribution in [0.2, 0.25) is 0 Å². The van der Waals surface area contributed by atoms with Gasteiger partial charge in [-0.25, -0.2) is 0 Å². The number of nitrogens with one attached hydrogen (secondary N) is 1. The Morgan fingerprint density at radius 3 is 2.61 bits per heavy atom. The highest BCUT2D eigenvalue weighted by Gasteiger charge is 2.25. The minimum Gasteiger partial charge on any atom is -0.309 e. The number of nitro groups is 1. The average molecular weight is 249 g/mol. The van der Waals surface area contributed by atoms with Crippen LogP contribution >= 0.6 is 0 Å². The van der Waals surface area contributed by atoms with Gasteiger partial charge in [-0.1, -0.05) is 12.1 Å². The maximum Gasteiger partial charge on any atom is 0.269 e. The lowest BCUT2D eigenvalue weighted by atomic mass is 10.0. The van der Waals surface area contributed by atoms with Gasteiger partial charge in [0.05, 0.1) is 4.92 Å². The fourth-order valence-corrected chi connectivity index (χ4v) is 2.36. The first-order valence-electron chi connectivity index (χ1n) is 6.17. The fourth-order valence-electron chi connectivity index (χ4n) is 2.36. The minimum atomic E-state index is -0.363. The summed E-state index contributed by atoms with van der Waals surface area (Å²) in [7, 11) is 0. The second-order valence-electron chi connectivity index (χ2n) is 5.44. The van der Waals surface area contributed by atoms with E-state index in [-0.39, 0.29) is 16.1 Å². The van der Waals surface area contributed by atoms with Gasteiger partial charge in [0.1, 0.15) is 0 Å². The highest BCUT2D eigenvalue weighted by atomic mass is 16.6. The molecular formula is C13H19N3O2. The van der Waals surface area contributed by atoms with Crippen molar-refractivity contribution in [2.24, 2.45) is 0 Å². The molecule has 1 aliphatic heterocycles. The number of benzene rings is 1. The summed E-state index contributed by atoms with van der Waals surface area (Å²) in [5.74, 6) is 0. The topological polar surface area (TPSA) is 58.4 Å². The van der Waals surface area contributed by atoms with E-state index in [1.165, 1.54) is 0 Å². The molecule has 1 aromatic carbocycles. The maximum absolute atomic E-state index is 10.6. The number of piperazine rings is 1. The van der Waals surface area contributed by atoms with Crippen LogP contribution in [0, 0.1) is 10.1 Å². The van der Waals surface area contributed by atoms with Crippen molar-refractivity contribution in [3.8, 4) is 0 Å². The Balaban J connectivity index is 1.99. The molecule has 0 spiro atoms. The Morgan fingerprint density at radius 1 is 1.39 bits per heavy atom. The molecule has 1 saturated heterocycles. The van der Waals surface area contributed by atoms with Gasteiger partial charge in [-0.3, -0.25) is 15.0 Å². The lowest BCUT2D eigenvalue weighted by Gasteiger charge is -2.39. The molecule has 1 N–H and O–H groups in total. The van der Waals surface area contributed by atoms with Crippen LogP contribution in [0.25, 0.3) is 0 Å². The molecule has 18 heavy (non-hydrogen) atoms. The van der Waals surface area contributed by atoms with Crippen LogP contribution in [0.3, 0.4) is 0 Å². The van der Waals surface area contributed by atoms with Crippen LogP contribution in [0.1, 0.15) is 19.4 Å². The molecule has 0 radical (unpaired) electrons. The van der Waals surface area contributed by atoms with Crippen LogP contribution in [-0.4, -0.2) is 35.0 Å². The molecule has 1 aromatic rings. The predicted molar refractivity (Wildman–Crippen MR) is 70.5 cm³/mol. The third-order valence-electron chi connectivity index (χ3n) is 3.20. The van der Waals surface area contributed by atoms with E-state index in [1.54, 1.807) is 12.1 Å². The Bertz CT molecular complexity index is 428. The van der Waals surface area contributed by atoms with E-state index in [1.807, 2.05) is 12.1 Å². The molecule has 0 saturated carbocycles. The molecule has 0 atom stereocenters. The second-order valence-corrected chi connectivity index (χ2v) is 5.44. The van der Waals surface area contributed by atoms with Crippen LogP contribution in [-0.2, 0) is 6.54 Å². The third-order valence-corrected chi connectivity index (χ3v) is 3.20. The Kier molecular flexibility index (Phi) is 3.63. The number of non-ortho nitro benzene ring substituents is 1. The highest BCUT2D eigenvalue weighted by Crippen LogP contribution is 2.16. The predicted octanol–water partition coefficient (Wildman–Crippen LogP) is 1.78. The monoisotopic (exact) mass is 249 g/mol.